The number of hydrogen-bond acceptors (Lipinski definition) is 2. The van der Waals surface area contributed by atoms with Crippen molar-refractivity contribution in [1.82, 2.24) is 4.98 Å². The highest BCUT2D eigenvalue weighted by Crippen LogP contribution is 2.65. The molecule has 0 aromatic carbocycles. The van der Waals surface area contributed by atoms with Crippen LogP contribution in [0.2, 0.25) is 0 Å². The Bertz CT molecular complexity index is 439. The first-order valence-corrected chi connectivity index (χ1v) is 4.89. The van der Waals surface area contributed by atoms with Gasteiger partial charge in [-0.25, -0.2) is 8.78 Å². The van der Waals surface area contributed by atoms with Crippen LogP contribution in [0.15, 0.2) is 12.4 Å². The predicted molar refractivity (Wildman–Crippen MR) is 51.8 cm³/mol. The first-order chi connectivity index (χ1) is 7.37. The summed E-state index contributed by atoms with van der Waals surface area (Å²) in [4.78, 5) is 14.3. The number of pyridine rings is 1. The van der Waals surface area contributed by atoms with Crippen LogP contribution in [0.3, 0.4) is 0 Å². The van der Waals surface area contributed by atoms with E-state index in [1.165, 1.54) is 0 Å². The van der Waals surface area contributed by atoms with E-state index < -0.39 is 34.9 Å². The van der Waals surface area contributed by atoms with Crippen molar-refractivity contribution in [1.29, 1.82) is 0 Å². The smallest absolute Gasteiger partial charge is 0.307 e. The third-order valence-electron chi connectivity index (χ3n) is 3.29. The van der Waals surface area contributed by atoms with Crippen LogP contribution in [-0.4, -0.2) is 16.1 Å². The molecule has 1 saturated carbocycles. The fourth-order valence-electron chi connectivity index (χ4n) is 2.36. The van der Waals surface area contributed by atoms with Crippen LogP contribution in [0.1, 0.15) is 25.3 Å². The summed E-state index contributed by atoms with van der Waals surface area (Å²) in [5.74, 6) is -3.93. The van der Waals surface area contributed by atoms with Crippen molar-refractivity contribution in [3.8, 4) is 0 Å². The number of aliphatic carboxylic acids is 1. The normalized spacial score (nSPS) is 26.5. The lowest BCUT2D eigenvalue weighted by Crippen LogP contribution is -2.03. The number of aromatic nitrogens is 1. The Balaban J connectivity index is 2.45. The molecule has 0 spiro atoms. The van der Waals surface area contributed by atoms with E-state index in [1.54, 1.807) is 13.8 Å². The first-order valence-electron chi connectivity index (χ1n) is 4.89. The van der Waals surface area contributed by atoms with Gasteiger partial charge < -0.3 is 5.11 Å². The molecule has 3 nitrogen and oxygen atoms in total. The van der Waals surface area contributed by atoms with Gasteiger partial charge >= 0.3 is 5.97 Å². The maximum absolute atomic E-state index is 13.4. The molecule has 1 N–H and O–H groups in total. The van der Waals surface area contributed by atoms with Gasteiger partial charge in [-0.15, -0.1) is 0 Å². The van der Waals surface area contributed by atoms with E-state index in [9.17, 15) is 13.6 Å². The first kappa shape index (κ1) is 11.0. The summed E-state index contributed by atoms with van der Waals surface area (Å²) in [6, 6.07) is 0. The van der Waals surface area contributed by atoms with Crippen molar-refractivity contribution in [3.63, 3.8) is 0 Å². The zero-order valence-electron chi connectivity index (χ0n) is 8.87. The predicted octanol–water partition coefficient (Wildman–Crippen LogP) is 2.18. The standard InChI is InChI=1S/C11H11F2NO2/c1-11(2)8(9(11)10(15)16)7-5(12)3-14-4-6(7)13/h3-4,8-9H,1-2H3,(H,15,16). The van der Waals surface area contributed by atoms with E-state index in [0.717, 1.165) is 12.4 Å². The van der Waals surface area contributed by atoms with Crippen molar-refractivity contribution in [2.75, 3.05) is 0 Å². The number of carbonyl (C=O) groups is 1. The average molecular weight is 227 g/mol. The lowest BCUT2D eigenvalue weighted by Gasteiger charge is -2.04. The van der Waals surface area contributed by atoms with Crippen molar-refractivity contribution >= 4 is 5.97 Å². The minimum Gasteiger partial charge on any atom is -0.481 e. The Hall–Kier alpha value is -1.52. The topological polar surface area (TPSA) is 50.2 Å². The zero-order valence-corrected chi connectivity index (χ0v) is 8.87. The molecule has 1 aliphatic rings. The summed E-state index contributed by atoms with van der Waals surface area (Å²) in [6.45, 7) is 3.38. The van der Waals surface area contributed by atoms with E-state index in [1.807, 2.05) is 0 Å². The number of carboxylic acids is 1. The SMILES string of the molecule is CC1(C)C(C(=O)O)C1c1c(F)cncc1F. The van der Waals surface area contributed by atoms with E-state index >= 15 is 0 Å². The van der Waals surface area contributed by atoms with E-state index in [-0.39, 0.29) is 5.56 Å². The van der Waals surface area contributed by atoms with Crippen LogP contribution >= 0.6 is 0 Å². The number of nitrogens with zero attached hydrogens (tertiary/aromatic N) is 1. The number of carboxylic acid groups (broad SMARTS) is 1. The van der Waals surface area contributed by atoms with Gasteiger partial charge in [-0.05, 0) is 5.41 Å². The van der Waals surface area contributed by atoms with Crippen LogP contribution in [0.25, 0.3) is 0 Å². The Kier molecular flexibility index (Phi) is 2.22. The van der Waals surface area contributed by atoms with Crippen molar-refractivity contribution in [3.05, 3.63) is 29.6 Å². The molecule has 86 valence electrons. The third kappa shape index (κ3) is 1.38. The van der Waals surface area contributed by atoms with Crippen LogP contribution in [0, 0.1) is 23.0 Å². The fourth-order valence-corrected chi connectivity index (χ4v) is 2.36. The molecule has 2 rings (SSSR count). The lowest BCUT2D eigenvalue weighted by atomic mass is 10.0. The van der Waals surface area contributed by atoms with Gasteiger partial charge in [-0.3, -0.25) is 9.78 Å². The summed E-state index contributed by atoms with van der Waals surface area (Å²) >= 11 is 0. The van der Waals surface area contributed by atoms with Gasteiger partial charge in [0.1, 0.15) is 11.6 Å². The molecule has 0 amide bonds. The van der Waals surface area contributed by atoms with Crippen molar-refractivity contribution in [2.45, 2.75) is 19.8 Å². The molecule has 2 atom stereocenters. The highest BCUT2D eigenvalue weighted by atomic mass is 19.1. The van der Waals surface area contributed by atoms with E-state index in [2.05, 4.69) is 4.98 Å². The second-order valence-corrected chi connectivity index (χ2v) is 4.63. The molecule has 1 aliphatic carbocycles. The highest BCUT2D eigenvalue weighted by molar-refractivity contribution is 5.77. The molecule has 16 heavy (non-hydrogen) atoms. The summed E-state index contributed by atoms with van der Waals surface area (Å²) in [6.07, 6.45) is 1.82. The minimum absolute atomic E-state index is 0.160. The molecule has 0 radical (unpaired) electrons. The largest absolute Gasteiger partial charge is 0.481 e. The van der Waals surface area contributed by atoms with Gasteiger partial charge in [-0.1, -0.05) is 13.8 Å². The highest BCUT2D eigenvalue weighted by Gasteiger charge is 2.64. The molecule has 0 bridgehead atoms. The molecule has 1 heterocycles. The third-order valence-corrected chi connectivity index (χ3v) is 3.29. The molecule has 1 aromatic heterocycles. The molecule has 0 saturated heterocycles. The van der Waals surface area contributed by atoms with Gasteiger partial charge in [0.05, 0.1) is 18.3 Å². The summed E-state index contributed by atoms with van der Waals surface area (Å²) in [5.41, 5.74) is -0.776. The second kappa shape index (κ2) is 3.23. The summed E-state index contributed by atoms with van der Waals surface area (Å²) in [5, 5.41) is 8.94. The van der Waals surface area contributed by atoms with Gasteiger partial charge in [0, 0.05) is 11.5 Å². The maximum Gasteiger partial charge on any atom is 0.307 e. The molecular weight excluding hydrogens is 216 g/mol. The average Bonchev–Trinajstić information content (AvgIpc) is 2.69. The number of hydrogen-bond donors (Lipinski definition) is 1. The number of rotatable bonds is 2. The second-order valence-electron chi connectivity index (χ2n) is 4.63. The summed E-state index contributed by atoms with van der Waals surface area (Å²) < 4.78 is 26.9. The van der Waals surface area contributed by atoms with Gasteiger partial charge in [-0.2, -0.15) is 0 Å². The maximum atomic E-state index is 13.4. The fraction of sp³-hybridized carbons (Fsp3) is 0.455. The van der Waals surface area contributed by atoms with Gasteiger partial charge in [0.25, 0.3) is 0 Å². The lowest BCUT2D eigenvalue weighted by molar-refractivity contribution is -0.139. The monoisotopic (exact) mass is 227 g/mol. The van der Waals surface area contributed by atoms with Crippen LogP contribution in [0.4, 0.5) is 8.78 Å². The Labute approximate surface area is 91.1 Å². The van der Waals surface area contributed by atoms with Gasteiger partial charge in [0.2, 0.25) is 0 Å². The Morgan fingerprint density at radius 1 is 1.38 bits per heavy atom. The van der Waals surface area contributed by atoms with Crippen LogP contribution in [-0.2, 0) is 4.79 Å². The summed E-state index contributed by atoms with van der Waals surface area (Å²) in [7, 11) is 0. The molecule has 2 unspecified atom stereocenters. The quantitative estimate of drug-likeness (QED) is 0.842. The van der Waals surface area contributed by atoms with Crippen molar-refractivity contribution in [2.24, 2.45) is 11.3 Å². The van der Waals surface area contributed by atoms with Crippen molar-refractivity contribution < 1.29 is 18.7 Å². The molecular formula is C11H11F2NO2. The van der Waals surface area contributed by atoms with Gasteiger partial charge in [0.15, 0.2) is 0 Å². The Morgan fingerprint density at radius 3 is 2.25 bits per heavy atom. The molecule has 1 fully saturated rings. The van der Waals surface area contributed by atoms with E-state index in [0.29, 0.717) is 0 Å². The molecule has 5 heteroatoms. The zero-order chi connectivity index (χ0) is 12.1. The van der Waals surface area contributed by atoms with E-state index in [4.69, 9.17) is 5.11 Å². The van der Waals surface area contributed by atoms with Crippen LogP contribution < -0.4 is 0 Å². The number of halogens is 2. The van der Waals surface area contributed by atoms with Crippen LogP contribution in [0.5, 0.6) is 0 Å². The minimum atomic E-state index is -1.02. The Morgan fingerprint density at radius 2 is 1.88 bits per heavy atom. The molecule has 0 aliphatic heterocycles. The molecule has 1 aromatic rings.